The molecule has 4 rings (SSSR count). The number of allylic oxidation sites excluding steroid dienone is 2. The van der Waals surface area contributed by atoms with Crippen LogP contribution >= 0.6 is 0 Å². The van der Waals surface area contributed by atoms with Crippen molar-refractivity contribution in [3.8, 4) is 5.75 Å². The summed E-state index contributed by atoms with van der Waals surface area (Å²) in [5, 5.41) is 25.1. The molecule has 2 aromatic rings. The molecule has 0 fully saturated rings. The number of phenols is 1. The van der Waals surface area contributed by atoms with Crippen molar-refractivity contribution in [2.75, 3.05) is 5.32 Å². The van der Waals surface area contributed by atoms with E-state index in [1.165, 1.54) is 29.3 Å². The number of nitrogens with one attached hydrogen (secondary N) is 1. The predicted molar refractivity (Wildman–Crippen MR) is 97.0 cm³/mol. The minimum absolute atomic E-state index is 0.00358. The fourth-order valence-electron chi connectivity index (χ4n) is 4.25. The lowest BCUT2D eigenvalue weighted by Crippen LogP contribution is -2.30. The number of hydrogen-bond donors (Lipinski definition) is 2. The van der Waals surface area contributed by atoms with Gasteiger partial charge in [-0.3, -0.25) is 10.1 Å². The van der Waals surface area contributed by atoms with Gasteiger partial charge in [-0.15, -0.1) is 0 Å². The zero-order chi connectivity index (χ0) is 17.7. The van der Waals surface area contributed by atoms with E-state index in [-0.39, 0.29) is 29.3 Å². The summed E-state index contributed by atoms with van der Waals surface area (Å²) in [6, 6.07) is 8.33. The van der Waals surface area contributed by atoms with E-state index in [1.54, 1.807) is 0 Å². The second kappa shape index (κ2) is 5.62. The first kappa shape index (κ1) is 15.7. The van der Waals surface area contributed by atoms with Crippen LogP contribution < -0.4 is 5.32 Å². The Morgan fingerprint density at radius 2 is 1.96 bits per heavy atom. The highest BCUT2D eigenvalue weighted by atomic mass is 16.6. The van der Waals surface area contributed by atoms with E-state index in [4.69, 9.17) is 0 Å². The minimum atomic E-state index is -0.417. The molecule has 2 aliphatic rings. The van der Waals surface area contributed by atoms with Gasteiger partial charge in [0.05, 0.1) is 11.0 Å². The summed E-state index contributed by atoms with van der Waals surface area (Å²) in [5.41, 5.74) is 5.39. The van der Waals surface area contributed by atoms with Crippen molar-refractivity contribution in [2.45, 2.75) is 32.2 Å². The van der Waals surface area contributed by atoms with Gasteiger partial charge in [0.15, 0.2) is 0 Å². The number of phenolic OH excluding ortho intramolecular Hbond substituents is 1. The second-order valence-electron chi connectivity index (χ2n) is 6.96. The van der Waals surface area contributed by atoms with Crippen LogP contribution in [0.15, 0.2) is 42.5 Å². The molecule has 1 aliphatic heterocycles. The highest BCUT2D eigenvalue weighted by Gasteiger charge is 2.40. The summed E-state index contributed by atoms with van der Waals surface area (Å²) >= 11 is 0. The van der Waals surface area contributed by atoms with E-state index in [9.17, 15) is 15.2 Å². The molecule has 2 aromatic carbocycles. The highest BCUT2D eigenvalue weighted by molar-refractivity contribution is 5.67. The molecule has 3 atom stereocenters. The smallest absolute Gasteiger partial charge is 0.270 e. The van der Waals surface area contributed by atoms with Gasteiger partial charge in [-0.25, -0.2) is 0 Å². The molecule has 0 radical (unpaired) electrons. The zero-order valence-corrected chi connectivity index (χ0v) is 14.2. The van der Waals surface area contributed by atoms with Crippen molar-refractivity contribution < 1.29 is 10.0 Å². The third-order valence-electron chi connectivity index (χ3n) is 5.50. The Morgan fingerprint density at radius 3 is 2.72 bits per heavy atom. The molecule has 0 saturated heterocycles. The van der Waals surface area contributed by atoms with Gasteiger partial charge in [0, 0.05) is 29.3 Å². The number of anilines is 1. The zero-order valence-electron chi connectivity index (χ0n) is 14.2. The van der Waals surface area contributed by atoms with Crippen LogP contribution in [0.2, 0.25) is 0 Å². The van der Waals surface area contributed by atoms with Gasteiger partial charge < -0.3 is 10.4 Å². The molecule has 5 heteroatoms. The number of rotatable bonds is 2. The molecule has 2 N–H and O–H groups in total. The fraction of sp³-hybridized carbons (Fsp3) is 0.300. The molecule has 0 saturated carbocycles. The first-order valence-electron chi connectivity index (χ1n) is 8.48. The molecule has 0 aromatic heterocycles. The number of nitrogens with zero attached hydrogens (tertiary/aromatic N) is 1. The van der Waals surface area contributed by atoms with Crippen LogP contribution in [0.3, 0.4) is 0 Å². The first-order chi connectivity index (χ1) is 12.0. The summed E-state index contributed by atoms with van der Waals surface area (Å²) in [5.74, 6) is 0.600. The highest BCUT2D eigenvalue weighted by Crippen LogP contribution is 2.52. The Labute approximate surface area is 146 Å². The number of nitro groups is 1. The average molecular weight is 336 g/mol. The number of hydrogen-bond acceptors (Lipinski definition) is 4. The predicted octanol–water partition coefficient (Wildman–Crippen LogP) is 4.74. The Kier molecular flexibility index (Phi) is 3.53. The lowest BCUT2D eigenvalue weighted by Gasteiger charge is -2.39. The van der Waals surface area contributed by atoms with Gasteiger partial charge in [-0.05, 0) is 48.9 Å². The summed E-state index contributed by atoms with van der Waals surface area (Å²) in [6.45, 7) is 4.18. The molecule has 3 unspecified atom stereocenters. The van der Waals surface area contributed by atoms with Gasteiger partial charge >= 0.3 is 0 Å². The van der Waals surface area contributed by atoms with E-state index in [0.717, 1.165) is 17.7 Å². The minimum Gasteiger partial charge on any atom is -0.508 e. The van der Waals surface area contributed by atoms with Crippen LogP contribution in [-0.4, -0.2) is 10.0 Å². The maximum atomic E-state index is 11.2. The number of aromatic hydroxyl groups is 1. The van der Waals surface area contributed by atoms with Crippen molar-refractivity contribution in [1.29, 1.82) is 0 Å². The standard InChI is InChI=1S/C20H20N2O3/c1-11-6-7-12(2)19-18(11)14-4-3-5-15(14)20(21-19)16-10-13(22(24)25)8-9-17(16)23/h3-4,6-10,14-15,20-21,23H,5H2,1-2H3. The number of benzene rings is 2. The Hall–Kier alpha value is -2.82. The summed E-state index contributed by atoms with van der Waals surface area (Å²) < 4.78 is 0. The van der Waals surface area contributed by atoms with Crippen LogP contribution in [0.4, 0.5) is 11.4 Å². The van der Waals surface area contributed by atoms with Crippen molar-refractivity contribution >= 4 is 11.4 Å². The topological polar surface area (TPSA) is 75.4 Å². The summed E-state index contributed by atoms with van der Waals surface area (Å²) in [4.78, 5) is 10.7. The molecule has 0 bridgehead atoms. The Balaban J connectivity index is 1.87. The quantitative estimate of drug-likeness (QED) is 0.472. The maximum absolute atomic E-state index is 11.2. The molecule has 128 valence electrons. The largest absolute Gasteiger partial charge is 0.508 e. The molecule has 0 amide bonds. The summed E-state index contributed by atoms with van der Waals surface area (Å²) in [6.07, 6.45) is 5.30. The SMILES string of the molecule is Cc1ccc(C)c2c1NC(c1cc([N+](=O)[O-])ccc1O)C1CC=CC21. The fourth-order valence-corrected chi connectivity index (χ4v) is 4.25. The maximum Gasteiger partial charge on any atom is 0.270 e. The number of aryl methyl sites for hydroxylation is 2. The van der Waals surface area contributed by atoms with Gasteiger partial charge in [-0.2, -0.15) is 0 Å². The molecule has 25 heavy (non-hydrogen) atoms. The van der Waals surface area contributed by atoms with Crippen LogP contribution in [0, 0.1) is 29.9 Å². The summed E-state index contributed by atoms with van der Waals surface area (Å²) in [7, 11) is 0. The van der Waals surface area contributed by atoms with Crippen molar-refractivity contribution in [3.05, 3.63) is 74.9 Å². The third-order valence-corrected chi connectivity index (χ3v) is 5.50. The molecule has 1 aliphatic carbocycles. The lowest BCUT2D eigenvalue weighted by molar-refractivity contribution is -0.385. The van der Waals surface area contributed by atoms with Crippen LogP contribution in [0.1, 0.15) is 40.6 Å². The van der Waals surface area contributed by atoms with Gasteiger partial charge in [0.1, 0.15) is 5.75 Å². The van der Waals surface area contributed by atoms with Crippen molar-refractivity contribution in [3.63, 3.8) is 0 Å². The number of nitro benzene ring substituents is 1. The second-order valence-corrected chi connectivity index (χ2v) is 6.96. The van der Waals surface area contributed by atoms with E-state index in [0.29, 0.717) is 5.56 Å². The van der Waals surface area contributed by atoms with Crippen LogP contribution in [-0.2, 0) is 0 Å². The molecule has 5 nitrogen and oxygen atoms in total. The molecular weight excluding hydrogens is 316 g/mol. The first-order valence-corrected chi connectivity index (χ1v) is 8.48. The van der Waals surface area contributed by atoms with Crippen molar-refractivity contribution in [2.24, 2.45) is 5.92 Å². The van der Waals surface area contributed by atoms with E-state index < -0.39 is 4.92 Å². The number of fused-ring (bicyclic) bond motifs is 3. The lowest BCUT2D eigenvalue weighted by atomic mass is 9.75. The molecule has 1 heterocycles. The van der Waals surface area contributed by atoms with Crippen molar-refractivity contribution in [1.82, 2.24) is 0 Å². The van der Waals surface area contributed by atoms with Gasteiger partial charge in [0.2, 0.25) is 0 Å². The average Bonchev–Trinajstić information content (AvgIpc) is 3.07. The third kappa shape index (κ3) is 2.38. The van der Waals surface area contributed by atoms with E-state index in [2.05, 4.69) is 43.4 Å². The van der Waals surface area contributed by atoms with Gasteiger partial charge in [-0.1, -0.05) is 24.3 Å². The monoisotopic (exact) mass is 336 g/mol. The molecule has 0 spiro atoms. The van der Waals surface area contributed by atoms with Crippen LogP contribution in [0.5, 0.6) is 5.75 Å². The van der Waals surface area contributed by atoms with E-state index >= 15 is 0 Å². The number of non-ortho nitro benzene ring substituents is 1. The normalized spacial score (nSPS) is 23.7. The Bertz CT molecular complexity index is 904. The van der Waals surface area contributed by atoms with Crippen LogP contribution in [0.25, 0.3) is 0 Å². The van der Waals surface area contributed by atoms with Gasteiger partial charge in [0.25, 0.3) is 5.69 Å². The Morgan fingerprint density at radius 1 is 1.20 bits per heavy atom. The molecular formula is C20H20N2O3. The van der Waals surface area contributed by atoms with E-state index in [1.807, 2.05) is 0 Å².